The third kappa shape index (κ3) is 6.29. The van der Waals surface area contributed by atoms with Crippen molar-refractivity contribution in [3.05, 3.63) is 77.4 Å². The Bertz CT molecular complexity index is 1390. The lowest BCUT2D eigenvalue weighted by molar-refractivity contribution is -0.141. The first-order chi connectivity index (χ1) is 17.6. The molecular weight excluding hydrogens is 502 g/mol. The molecule has 1 amide bonds. The molecule has 13 heteroatoms. The standard InChI is InChI=1S/C24H18F6N6O/c25-18-11-20(27)19(26)9-13(18)3-1-2-4-22(37)32-15-6-7-16(17(10-15)23-33-35-36-34-23)14-5-8-21(31-12-14)24(28,29)30/h5-12H,1-4H2,(H,32,37)(H,33,34,35,36). The maximum absolute atomic E-state index is 13.7. The van der Waals surface area contributed by atoms with Gasteiger partial charge < -0.3 is 5.32 Å². The Hall–Kier alpha value is -4.29. The van der Waals surface area contributed by atoms with Crippen molar-refractivity contribution >= 4 is 11.6 Å². The van der Waals surface area contributed by atoms with Gasteiger partial charge in [-0.1, -0.05) is 12.1 Å². The Balaban J connectivity index is 1.43. The van der Waals surface area contributed by atoms with Gasteiger partial charge in [0.15, 0.2) is 11.6 Å². The van der Waals surface area contributed by atoms with Crippen LogP contribution in [0.3, 0.4) is 0 Å². The Kier molecular flexibility index (Phi) is 7.50. The second kappa shape index (κ2) is 10.8. The molecule has 0 unspecified atom stereocenters. The lowest BCUT2D eigenvalue weighted by atomic mass is 9.99. The smallest absolute Gasteiger partial charge is 0.326 e. The largest absolute Gasteiger partial charge is 0.433 e. The van der Waals surface area contributed by atoms with Crippen LogP contribution in [-0.4, -0.2) is 31.5 Å². The maximum atomic E-state index is 13.7. The van der Waals surface area contributed by atoms with E-state index < -0.39 is 29.3 Å². The van der Waals surface area contributed by atoms with Gasteiger partial charge in [-0.15, -0.1) is 10.2 Å². The average Bonchev–Trinajstić information content (AvgIpc) is 3.39. The average molecular weight is 520 g/mol. The number of aryl methyl sites for hydroxylation is 1. The van der Waals surface area contributed by atoms with E-state index in [1.54, 1.807) is 18.2 Å². The number of rotatable bonds is 8. The van der Waals surface area contributed by atoms with E-state index >= 15 is 0 Å². The van der Waals surface area contributed by atoms with Crippen molar-refractivity contribution in [3.63, 3.8) is 0 Å². The first kappa shape index (κ1) is 25.8. The quantitative estimate of drug-likeness (QED) is 0.176. The summed E-state index contributed by atoms with van der Waals surface area (Å²) < 4.78 is 78.7. The highest BCUT2D eigenvalue weighted by Gasteiger charge is 2.32. The van der Waals surface area contributed by atoms with Gasteiger partial charge in [0.1, 0.15) is 11.5 Å². The molecule has 7 nitrogen and oxygen atoms in total. The fraction of sp³-hybridized carbons (Fsp3) is 0.208. The van der Waals surface area contributed by atoms with Gasteiger partial charge >= 0.3 is 6.18 Å². The van der Waals surface area contributed by atoms with Crippen molar-refractivity contribution in [2.75, 3.05) is 5.32 Å². The summed E-state index contributed by atoms with van der Waals surface area (Å²) in [4.78, 5) is 15.9. The molecule has 0 fully saturated rings. The lowest BCUT2D eigenvalue weighted by Crippen LogP contribution is -2.11. The number of hydrogen-bond acceptors (Lipinski definition) is 5. The Morgan fingerprint density at radius 1 is 0.919 bits per heavy atom. The van der Waals surface area contributed by atoms with Gasteiger partial charge in [-0.3, -0.25) is 9.78 Å². The minimum absolute atomic E-state index is 0.0254. The second-order valence-corrected chi connectivity index (χ2v) is 8.04. The Morgan fingerprint density at radius 3 is 2.38 bits per heavy atom. The van der Waals surface area contributed by atoms with Crippen LogP contribution in [0.2, 0.25) is 0 Å². The molecule has 0 aliphatic rings. The van der Waals surface area contributed by atoms with Gasteiger partial charge in [-0.2, -0.15) is 18.4 Å². The van der Waals surface area contributed by atoms with Gasteiger partial charge in [-0.25, -0.2) is 13.2 Å². The summed E-state index contributed by atoms with van der Waals surface area (Å²) in [5.41, 5.74) is 0.595. The van der Waals surface area contributed by atoms with Crippen LogP contribution in [0.15, 0.2) is 48.7 Å². The molecule has 2 aromatic carbocycles. The molecule has 0 bridgehead atoms. The van der Waals surface area contributed by atoms with Crippen LogP contribution in [0.4, 0.5) is 32.0 Å². The van der Waals surface area contributed by atoms with E-state index in [0.717, 1.165) is 18.3 Å². The second-order valence-electron chi connectivity index (χ2n) is 8.04. The fourth-order valence-electron chi connectivity index (χ4n) is 3.64. The van der Waals surface area contributed by atoms with Crippen LogP contribution < -0.4 is 5.32 Å². The maximum Gasteiger partial charge on any atom is 0.433 e. The zero-order valence-electron chi connectivity index (χ0n) is 18.9. The third-order valence-electron chi connectivity index (χ3n) is 5.44. The number of aromatic amines is 1. The van der Waals surface area contributed by atoms with Crippen LogP contribution in [-0.2, 0) is 17.4 Å². The number of alkyl halides is 3. The first-order valence-corrected chi connectivity index (χ1v) is 11.0. The van der Waals surface area contributed by atoms with Crippen LogP contribution >= 0.6 is 0 Å². The summed E-state index contributed by atoms with van der Waals surface area (Å²) in [7, 11) is 0. The zero-order valence-corrected chi connectivity index (χ0v) is 18.9. The van der Waals surface area contributed by atoms with E-state index in [0.29, 0.717) is 41.3 Å². The zero-order chi connectivity index (χ0) is 26.6. The summed E-state index contributed by atoms with van der Waals surface area (Å²) >= 11 is 0. The number of carbonyl (C=O) groups is 1. The molecule has 2 N–H and O–H groups in total. The number of H-pyrrole nitrogens is 1. The number of nitrogens with zero attached hydrogens (tertiary/aromatic N) is 4. The van der Waals surface area contributed by atoms with E-state index in [9.17, 15) is 31.1 Å². The number of benzene rings is 2. The Morgan fingerprint density at radius 2 is 1.70 bits per heavy atom. The fourth-order valence-corrected chi connectivity index (χ4v) is 3.64. The number of anilines is 1. The molecule has 2 heterocycles. The highest BCUT2D eigenvalue weighted by atomic mass is 19.4. The normalized spacial score (nSPS) is 11.5. The van der Waals surface area contributed by atoms with Crippen molar-refractivity contribution in [2.24, 2.45) is 0 Å². The number of pyridine rings is 1. The molecule has 0 aliphatic carbocycles. The van der Waals surface area contributed by atoms with Crippen molar-refractivity contribution < 1.29 is 31.1 Å². The van der Waals surface area contributed by atoms with E-state index in [4.69, 9.17) is 0 Å². The number of unbranched alkanes of at least 4 members (excludes halogenated alkanes) is 1. The summed E-state index contributed by atoms with van der Waals surface area (Å²) in [6, 6.07) is 8.11. The lowest BCUT2D eigenvalue weighted by Gasteiger charge is -2.12. The summed E-state index contributed by atoms with van der Waals surface area (Å²) in [5, 5.41) is 16.3. The number of hydrogen-bond donors (Lipinski definition) is 2. The molecule has 0 saturated heterocycles. The van der Waals surface area contributed by atoms with Gasteiger partial charge in [0.25, 0.3) is 0 Å². The molecule has 4 rings (SSSR count). The molecule has 0 spiro atoms. The topological polar surface area (TPSA) is 96.5 Å². The minimum atomic E-state index is -4.58. The predicted molar refractivity (Wildman–Crippen MR) is 120 cm³/mol. The summed E-state index contributed by atoms with van der Waals surface area (Å²) in [6.45, 7) is 0. The van der Waals surface area contributed by atoms with E-state index in [1.165, 1.54) is 6.07 Å². The summed E-state index contributed by atoms with van der Waals surface area (Å²) in [5.74, 6) is -3.45. The monoisotopic (exact) mass is 520 g/mol. The SMILES string of the molecule is O=C(CCCCc1cc(F)c(F)cc1F)Nc1ccc(-c2ccc(C(F)(F)F)nc2)c(-c2nn[nH]n2)c1. The van der Waals surface area contributed by atoms with Crippen LogP contribution in [0.5, 0.6) is 0 Å². The molecule has 0 aliphatic heterocycles. The Labute approximate surface area is 205 Å². The van der Waals surface area contributed by atoms with Crippen LogP contribution in [0, 0.1) is 17.5 Å². The predicted octanol–water partition coefficient (Wildman–Crippen LogP) is 5.72. The third-order valence-corrected chi connectivity index (χ3v) is 5.44. The van der Waals surface area contributed by atoms with Gasteiger partial charge in [0, 0.05) is 35.5 Å². The molecule has 2 aromatic heterocycles. The number of nitrogens with one attached hydrogen (secondary N) is 2. The minimum Gasteiger partial charge on any atom is -0.326 e. The van der Waals surface area contributed by atoms with Crippen molar-refractivity contribution in [1.82, 2.24) is 25.6 Å². The van der Waals surface area contributed by atoms with Crippen LogP contribution in [0.1, 0.15) is 30.5 Å². The van der Waals surface area contributed by atoms with Crippen LogP contribution in [0.25, 0.3) is 22.5 Å². The molecule has 0 saturated carbocycles. The first-order valence-electron chi connectivity index (χ1n) is 11.0. The number of aromatic nitrogens is 5. The molecule has 37 heavy (non-hydrogen) atoms. The number of amides is 1. The van der Waals surface area contributed by atoms with Gasteiger partial charge in [0.05, 0.1) is 0 Å². The highest BCUT2D eigenvalue weighted by Crippen LogP contribution is 2.34. The van der Waals surface area contributed by atoms with Crippen molar-refractivity contribution in [3.8, 4) is 22.5 Å². The number of tetrazole rings is 1. The summed E-state index contributed by atoms with van der Waals surface area (Å²) in [6.07, 6.45) is -2.56. The van der Waals surface area contributed by atoms with E-state index in [-0.39, 0.29) is 30.1 Å². The van der Waals surface area contributed by atoms with Crippen molar-refractivity contribution in [1.29, 1.82) is 0 Å². The molecular formula is C24H18F6N6O. The van der Waals surface area contributed by atoms with Gasteiger partial charge in [0.2, 0.25) is 11.7 Å². The van der Waals surface area contributed by atoms with E-state index in [1.807, 2.05) is 0 Å². The molecule has 4 aromatic rings. The van der Waals surface area contributed by atoms with E-state index in [2.05, 4.69) is 30.9 Å². The number of halogens is 6. The molecule has 0 atom stereocenters. The highest BCUT2D eigenvalue weighted by molar-refractivity contribution is 5.93. The number of carbonyl (C=O) groups excluding carboxylic acids is 1. The molecule has 0 radical (unpaired) electrons. The molecule has 192 valence electrons. The van der Waals surface area contributed by atoms with Gasteiger partial charge in [-0.05, 0) is 59.9 Å². The van der Waals surface area contributed by atoms with Crippen molar-refractivity contribution in [2.45, 2.75) is 31.9 Å².